The van der Waals surface area contributed by atoms with Crippen molar-refractivity contribution in [2.24, 2.45) is 0 Å². The Kier molecular flexibility index (Phi) is 5.71. The second-order valence-corrected chi connectivity index (χ2v) is 7.31. The maximum atomic E-state index is 13.0. The molecule has 5 heteroatoms. The number of carbonyl (C=O) groups is 2. The lowest BCUT2D eigenvalue weighted by Crippen LogP contribution is -2.38. The minimum Gasteiger partial charge on any atom is -0.343 e. The fraction of sp³-hybridized carbons (Fsp3) is 0.600. The van der Waals surface area contributed by atoms with E-state index in [-0.39, 0.29) is 23.5 Å². The average molecular weight is 346 g/mol. The summed E-state index contributed by atoms with van der Waals surface area (Å²) in [5, 5.41) is 0. The lowest BCUT2D eigenvalue weighted by atomic mass is 9.97. The van der Waals surface area contributed by atoms with Gasteiger partial charge in [-0.05, 0) is 49.3 Å². The van der Waals surface area contributed by atoms with Gasteiger partial charge in [0.05, 0.1) is 0 Å². The Balaban J connectivity index is 1.54. The monoisotopic (exact) mass is 346 g/mol. The second kappa shape index (κ2) is 7.98. The SMILES string of the molecule is C[C@H](CC(=O)N1CCC[C@@H](N2CCCC2=O)CC1)c1ccc(F)cc1. The van der Waals surface area contributed by atoms with E-state index in [1.807, 2.05) is 16.7 Å². The number of benzene rings is 1. The summed E-state index contributed by atoms with van der Waals surface area (Å²) in [5.74, 6) is 0.254. The van der Waals surface area contributed by atoms with Crippen LogP contribution in [0.25, 0.3) is 0 Å². The molecule has 0 radical (unpaired) electrons. The van der Waals surface area contributed by atoms with Crippen LogP contribution >= 0.6 is 0 Å². The summed E-state index contributed by atoms with van der Waals surface area (Å²) in [6.07, 6.45) is 4.90. The highest BCUT2D eigenvalue weighted by atomic mass is 19.1. The number of likely N-dealkylation sites (tertiary alicyclic amines) is 2. The average Bonchev–Trinajstić information content (AvgIpc) is 2.88. The zero-order valence-electron chi connectivity index (χ0n) is 14.9. The van der Waals surface area contributed by atoms with Crippen LogP contribution in [-0.4, -0.2) is 47.3 Å². The van der Waals surface area contributed by atoms with Crippen molar-refractivity contribution in [3.05, 3.63) is 35.6 Å². The van der Waals surface area contributed by atoms with Crippen LogP contribution in [0.2, 0.25) is 0 Å². The maximum Gasteiger partial charge on any atom is 0.223 e. The molecule has 1 aromatic rings. The summed E-state index contributed by atoms with van der Waals surface area (Å²) in [6.45, 7) is 4.38. The molecule has 0 aliphatic carbocycles. The molecule has 4 nitrogen and oxygen atoms in total. The molecule has 3 rings (SSSR count). The molecule has 2 aliphatic heterocycles. The minimum absolute atomic E-state index is 0.0762. The molecule has 2 atom stereocenters. The topological polar surface area (TPSA) is 40.6 Å². The van der Waals surface area contributed by atoms with Gasteiger partial charge >= 0.3 is 0 Å². The number of halogens is 1. The molecular weight excluding hydrogens is 319 g/mol. The number of amides is 2. The van der Waals surface area contributed by atoms with Gasteiger partial charge in [0, 0.05) is 38.5 Å². The Morgan fingerprint density at radius 2 is 1.92 bits per heavy atom. The van der Waals surface area contributed by atoms with Crippen LogP contribution in [-0.2, 0) is 9.59 Å². The van der Waals surface area contributed by atoms with E-state index in [0.29, 0.717) is 18.9 Å². The molecule has 2 amide bonds. The van der Waals surface area contributed by atoms with Crippen molar-refractivity contribution in [3.63, 3.8) is 0 Å². The van der Waals surface area contributed by atoms with E-state index < -0.39 is 0 Å². The molecule has 2 aliphatic rings. The van der Waals surface area contributed by atoms with E-state index in [2.05, 4.69) is 0 Å². The first-order valence-corrected chi connectivity index (χ1v) is 9.37. The first kappa shape index (κ1) is 17.9. The van der Waals surface area contributed by atoms with Crippen molar-refractivity contribution in [3.8, 4) is 0 Å². The third-order valence-corrected chi connectivity index (χ3v) is 5.52. The first-order valence-electron chi connectivity index (χ1n) is 9.37. The highest BCUT2D eigenvalue weighted by Gasteiger charge is 2.30. The third-order valence-electron chi connectivity index (χ3n) is 5.52. The van der Waals surface area contributed by atoms with Crippen LogP contribution in [0.3, 0.4) is 0 Å². The Morgan fingerprint density at radius 1 is 1.16 bits per heavy atom. The summed E-state index contributed by atoms with van der Waals surface area (Å²) in [4.78, 5) is 28.6. The molecule has 0 spiro atoms. The van der Waals surface area contributed by atoms with Gasteiger partial charge in [0.2, 0.25) is 11.8 Å². The number of hydrogen-bond acceptors (Lipinski definition) is 2. The molecule has 0 unspecified atom stereocenters. The standard InChI is InChI=1S/C20H27FN2O2/c1-15(16-6-8-17(21)9-7-16)14-20(25)22-11-2-4-18(10-13-22)23-12-3-5-19(23)24/h6-9,15,18H,2-5,10-14H2,1H3/t15-,18-/m1/s1. The Labute approximate surface area is 149 Å². The minimum atomic E-state index is -0.253. The van der Waals surface area contributed by atoms with Crippen molar-refractivity contribution in [1.29, 1.82) is 0 Å². The van der Waals surface area contributed by atoms with Crippen molar-refractivity contribution >= 4 is 11.8 Å². The predicted octanol–water partition coefficient (Wildman–Crippen LogP) is 3.32. The van der Waals surface area contributed by atoms with Crippen LogP contribution in [0.5, 0.6) is 0 Å². The summed E-state index contributed by atoms with van der Waals surface area (Å²) in [6, 6.07) is 6.69. The zero-order chi connectivity index (χ0) is 17.8. The van der Waals surface area contributed by atoms with Crippen molar-refractivity contribution in [1.82, 2.24) is 9.80 Å². The molecule has 136 valence electrons. The van der Waals surface area contributed by atoms with Gasteiger partial charge in [-0.1, -0.05) is 19.1 Å². The molecule has 0 bridgehead atoms. The fourth-order valence-electron chi connectivity index (χ4n) is 4.00. The van der Waals surface area contributed by atoms with Gasteiger partial charge in [-0.15, -0.1) is 0 Å². The molecule has 2 heterocycles. The summed E-state index contributed by atoms with van der Waals surface area (Å²) >= 11 is 0. The fourth-order valence-corrected chi connectivity index (χ4v) is 4.00. The van der Waals surface area contributed by atoms with E-state index in [9.17, 15) is 14.0 Å². The van der Waals surface area contributed by atoms with Crippen LogP contribution < -0.4 is 0 Å². The zero-order valence-corrected chi connectivity index (χ0v) is 14.9. The van der Waals surface area contributed by atoms with Crippen molar-refractivity contribution < 1.29 is 14.0 Å². The Morgan fingerprint density at radius 3 is 2.60 bits per heavy atom. The van der Waals surface area contributed by atoms with E-state index in [1.54, 1.807) is 12.1 Å². The van der Waals surface area contributed by atoms with Gasteiger partial charge in [-0.2, -0.15) is 0 Å². The number of nitrogens with zero attached hydrogens (tertiary/aromatic N) is 2. The van der Waals surface area contributed by atoms with E-state index >= 15 is 0 Å². The highest BCUT2D eigenvalue weighted by Crippen LogP contribution is 2.24. The van der Waals surface area contributed by atoms with Crippen molar-refractivity contribution in [2.45, 2.75) is 57.4 Å². The molecule has 0 aromatic heterocycles. The largest absolute Gasteiger partial charge is 0.343 e. The summed E-state index contributed by atoms with van der Waals surface area (Å²) < 4.78 is 13.0. The first-order chi connectivity index (χ1) is 12.0. The number of carbonyl (C=O) groups excluding carboxylic acids is 2. The normalized spacial score (nSPS) is 22.8. The van der Waals surface area contributed by atoms with Gasteiger partial charge in [-0.25, -0.2) is 4.39 Å². The van der Waals surface area contributed by atoms with E-state index in [0.717, 1.165) is 50.9 Å². The van der Waals surface area contributed by atoms with Crippen LogP contribution in [0.15, 0.2) is 24.3 Å². The maximum absolute atomic E-state index is 13.0. The van der Waals surface area contributed by atoms with Crippen LogP contribution in [0.1, 0.15) is 56.9 Å². The lowest BCUT2D eigenvalue weighted by molar-refractivity contribution is -0.131. The van der Waals surface area contributed by atoms with Gasteiger partial charge < -0.3 is 9.80 Å². The molecule has 0 saturated carbocycles. The molecule has 2 saturated heterocycles. The molecule has 1 aromatic carbocycles. The summed E-state index contributed by atoms with van der Waals surface area (Å²) in [5.41, 5.74) is 0.991. The second-order valence-electron chi connectivity index (χ2n) is 7.31. The molecular formula is C20H27FN2O2. The van der Waals surface area contributed by atoms with Gasteiger partial charge in [0.25, 0.3) is 0 Å². The Hall–Kier alpha value is -1.91. The molecule has 0 N–H and O–H groups in total. The van der Waals surface area contributed by atoms with Gasteiger partial charge in [0.15, 0.2) is 0 Å². The third kappa shape index (κ3) is 4.39. The van der Waals surface area contributed by atoms with Crippen LogP contribution in [0, 0.1) is 5.82 Å². The quantitative estimate of drug-likeness (QED) is 0.839. The number of hydrogen-bond donors (Lipinski definition) is 0. The predicted molar refractivity (Wildman–Crippen MR) is 94.6 cm³/mol. The summed E-state index contributed by atoms with van der Waals surface area (Å²) in [7, 11) is 0. The highest BCUT2D eigenvalue weighted by molar-refractivity contribution is 5.78. The van der Waals surface area contributed by atoms with Gasteiger partial charge in [0.1, 0.15) is 5.82 Å². The van der Waals surface area contributed by atoms with Crippen LogP contribution in [0.4, 0.5) is 4.39 Å². The number of rotatable bonds is 4. The van der Waals surface area contributed by atoms with E-state index in [1.165, 1.54) is 12.1 Å². The molecule has 2 fully saturated rings. The van der Waals surface area contributed by atoms with Crippen molar-refractivity contribution in [2.75, 3.05) is 19.6 Å². The Bertz CT molecular complexity index is 617. The van der Waals surface area contributed by atoms with E-state index in [4.69, 9.17) is 0 Å². The lowest BCUT2D eigenvalue weighted by Gasteiger charge is -2.27. The molecule has 25 heavy (non-hydrogen) atoms. The van der Waals surface area contributed by atoms with Gasteiger partial charge in [-0.3, -0.25) is 9.59 Å². The smallest absolute Gasteiger partial charge is 0.223 e.